The standard InChI is InChI=1S/C18H11N5O/c19-9-13-1-5-15(6-2-13)18(23-12-21-17(11-24)22-23)16-7-3-14(10-20)4-8-16/h1-8,11-12,18H. The van der Waals surface area contributed by atoms with Crippen molar-refractivity contribution in [3.63, 3.8) is 0 Å². The van der Waals surface area contributed by atoms with Gasteiger partial charge in [-0.25, -0.2) is 9.67 Å². The monoisotopic (exact) mass is 313 g/mol. The molecule has 0 saturated heterocycles. The third-order valence-electron chi connectivity index (χ3n) is 3.61. The van der Waals surface area contributed by atoms with Crippen LogP contribution in [0.3, 0.4) is 0 Å². The minimum Gasteiger partial charge on any atom is -0.294 e. The van der Waals surface area contributed by atoms with Crippen LogP contribution in [0.1, 0.15) is 38.9 Å². The second-order valence-corrected chi connectivity index (χ2v) is 5.07. The Balaban J connectivity index is 2.10. The topological polar surface area (TPSA) is 95.4 Å². The highest BCUT2D eigenvalue weighted by atomic mass is 16.1. The Morgan fingerprint density at radius 2 is 1.42 bits per heavy atom. The van der Waals surface area contributed by atoms with Crippen LogP contribution in [0, 0.1) is 22.7 Å². The molecule has 0 amide bonds. The molecule has 0 fully saturated rings. The number of nitrogens with zero attached hydrogens (tertiary/aromatic N) is 5. The van der Waals surface area contributed by atoms with E-state index >= 15 is 0 Å². The van der Waals surface area contributed by atoms with Gasteiger partial charge in [0.1, 0.15) is 12.4 Å². The summed E-state index contributed by atoms with van der Waals surface area (Å²) in [6, 6.07) is 18.1. The van der Waals surface area contributed by atoms with Crippen LogP contribution in [0.25, 0.3) is 0 Å². The maximum Gasteiger partial charge on any atom is 0.214 e. The molecule has 0 aliphatic carbocycles. The molecule has 0 unspecified atom stereocenters. The number of benzene rings is 2. The lowest BCUT2D eigenvalue weighted by molar-refractivity contribution is 0.111. The smallest absolute Gasteiger partial charge is 0.214 e. The molecule has 0 bridgehead atoms. The molecular formula is C18H11N5O. The van der Waals surface area contributed by atoms with E-state index in [9.17, 15) is 4.79 Å². The van der Waals surface area contributed by atoms with E-state index in [-0.39, 0.29) is 11.9 Å². The van der Waals surface area contributed by atoms with E-state index in [0.29, 0.717) is 17.4 Å². The van der Waals surface area contributed by atoms with Crippen LogP contribution in [0.15, 0.2) is 54.9 Å². The van der Waals surface area contributed by atoms with Crippen molar-refractivity contribution in [2.24, 2.45) is 0 Å². The number of nitriles is 2. The quantitative estimate of drug-likeness (QED) is 0.689. The average molecular weight is 313 g/mol. The highest BCUT2D eigenvalue weighted by molar-refractivity contribution is 5.68. The van der Waals surface area contributed by atoms with E-state index in [0.717, 1.165) is 11.1 Å². The second-order valence-electron chi connectivity index (χ2n) is 5.07. The summed E-state index contributed by atoms with van der Waals surface area (Å²) in [5.41, 5.74) is 2.90. The first-order valence-electron chi connectivity index (χ1n) is 7.11. The zero-order valence-electron chi connectivity index (χ0n) is 12.5. The average Bonchev–Trinajstić information content (AvgIpc) is 3.12. The van der Waals surface area contributed by atoms with Crippen molar-refractivity contribution in [3.05, 3.63) is 82.9 Å². The number of hydrogen-bond acceptors (Lipinski definition) is 5. The molecule has 0 spiro atoms. The molecular weight excluding hydrogens is 302 g/mol. The van der Waals surface area contributed by atoms with E-state index in [1.807, 2.05) is 24.3 Å². The zero-order chi connectivity index (χ0) is 16.9. The molecule has 0 saturated carbocycles. The Hall–Kier alpha value is -3.77. The number of carbonyl (C=O) groups is 1. The summed E-state index contributed by atoms with van der Waals surface area (Å²) < 4.78 is 1.59. The highest BCUT2D eigenvalue weighted by Gasteiger charge is 2.18. The Bertz CT molecular complexity index is 885. The Kier molecular flexibility index (Phi) is 4.13. The Morgan fingerprint density at radius 3 is 1.79 bits per heavy atom. The molecule has 6 nitrogen and oxygen atoms in total. The van der Waals surface area contributed by atoms with E-state index < -0.39 is 0 Å². The van der Waals surface area contributed by atoms with Gasteiger partial charge in [0, 0.05) is 0 Å². The molecule has 0 aliphatic heterocycles. The van der Waals surface area contributed by atoms with E-state index in [2.05, 4.69) is 22.2 Å². The summed E-state index contributed by atoms with van der Waals surface area (Å²) in [6.45, 7) is 0. The fourth-order valence-corrected chi connectivity index (χ4v) is 2.44. The van der Waals surface area contributed by atoms with Gasteiger partial charge in [-0.1, -0.05) is 24.3 Å². The minimum atomic E-state index is -0.313. The minimum absolute atomic E-state index is 0.0993. The zero-order valence-corrected chi connectivity index (χ0v) is 12.5. The van der Waals surface area contributed by atoms with E-state index in [4.69, 9.17) is 10.5 Å². The van der Waals surface area contributed by atoms with E-state index in [1.54, 1.807) is 28.9 Å². The van der Waals surface area contributed by atoms with Crippen LogP contribution in [0.5, 0.6) is 0 Å². The van der Waals surface area contributed by atoms with E-state index in [1.165, 1.54) is 6.33 Å². The molecule has 6 heteroatoms. The fraction of sp³-hybridized carbons (Fsp3) is 0.0556. The lowest BCUT2D eigenvalue weighted by Gasteiger charge is -2.18. The molecule has 0 N–H and O–H groups in total. The normalized spacial score (nSPS) is 10.1. The maximum atomic E-state index is 10.9. The highest BCUT2D eigenvalue weighted by Crippen LogP contribution is 2.26. The first-order valence-corrected chi connectivity index (χ1v) is 7.11. The molecule has 1 aromatic heterocycles. The lowest BCUT2D eigenvalue weighted by atomic mass is 9.97. The van der Waals surface area contributed by atoms with Crippen molar-refractivity contribution < 1.29 is 4.79 Å². The molecule has 3 aromatic rings. The summed E-state index contributed by atoms with van der Waals surface area (Å²) in [7, 11) is 0. The number of carbonyl (C=O) groups excluding carboxylic acids is 1. The van der Waals surface area contributed by atoms with Gasteiger partial charge in [0.05, 0.1) is 23.3 Å². The summed E-state index contributed by atoms with van der Waals surface area (Å²) in [4.78, 5) is 14.8. The van der Waals surface area contributed by atoms with Gasteiger partial charge in [-0.3, -0.25) is 4.79 Å². The lowest BCUT2D eigenvalue weighted by Crippen LogP contribution is -2.13. The number of aromatic nitrogens is 3. The number of rotatable bonds is 4. The summed E-state index contributed by atoms with van der Waals surface area (Å²) in [5.74, 6) is 0.0993. The fourth-order valence-electron chi connectivity index (χ4n) is 2.44. The molecule has 0 atom stereocenters. The second kappa shape index (κ2) is 6.55. The third-order valence-corrected chi connectivity index (χ3v) is 3.61. The molecule has 24 heavy (non-hydrogen) atoms. The summed E-state index contributed by atoms with van der Waals surface area (Å²) in [6.07, 6.45) is 2.08. The van der Waals surface area contributed by atoms with Crippen LogP contribution >= 0.6 is 0 Å². The Labute approximate surface area is 138 Å². The van der Waals surface area contributed by atoms with Gasteiger partial charge in [0.2, 0.25) is 5.82 Å². The predicted molar refractivity (Wildman–Crippen MR) is 85.0 cm³/mol. The van der Waals surface area contributed by atoms with Crippen molar-refractivity contribution in [1.82, 2.24) is 14.8 Å². The van der Waals surface area contributed by atoms with Crippen LogP contribution in [-0.2, 0) is 0 Å². The first kappa shape index (κ1) is 15.1. The van der Waals surface area contributed by atoms with Crippen LogP contribution in [0.4, 0.5) is 0 Å². The van der Waals surface area contributed by atoms with Crippen molar-refractivity contribution in [1.29, 1.82) is 10.5 Å². The van der Waals surface area contributed by atoms with Crippen LogP contribution in [-0.4, -0.2) is 21.1 Å². The van der Waals surface area contributed by atoms with Gasteiger partial charge in [0.15, 0.2) is 6.29 Å². The SMILES string of the molecule is N#Cc1ccc(C(c2ccc(C#N)cc2)n2cnc(C=O)n2)cc1. The van der Waals surface area contributed by atoms with Gasteiger partial charge < -0.3 is 0 Å². The largest absolute Gasteiger partial charge is 0.294 e. The van der Waals surface area contributed by atoms with Gasteiger partial charge in [-0.2, -0.15) is 10.5 Å². The van der Waals surface area contributed by atoms with Crippen molar-refractivity contribution in [2.45, 2.75) is 6.04 Å². The van der Waals surface area contributed by atoms with Crippen molar-refractivity contribution in [3.8, 4) is 12.1 Å². The molecule has 2 aromatic carbocycles. The van der Waals surface area contributed by atoms with Crippen LogP contribution < -0.4 is 0 Å². The molecule has 0 radical (unpaired) electrons. The third kappa shape index (κ3) is 2.90. The van der Waals surface area contributed by atoms with Crippen molar-refractivity contribution >= 4 is 6.29 Å². The predicted octanol–water partition coefficient (Wildman–Crippen LogP) is 2.47. The first-order chi connectivity index (χ1) is 11.7. The molecule has 0 aliphatic rings. The summed E-state index contributed by atoms with van der Waals surface area (Å²) >= 11 is 0. The Morgan fingerprint density at radius 1 is 0.917 bits per heavy atom. The van der Waals surface area contributed by atoms with Crippen LogP contribution in [0.2, 0.25) is 0 Å². The summed E-state index contributed by atoms with van der Waals surface area (Å²) in [5, 5.41) is 22.1. The number of hydrogen-bond donors (Lipinski definition) is 0. The maximum absolute atomic E-state index is 10.9. The van der Waals surface area contributed by atoms with Crippen molar-refractivity contribution in [2.75, 3.05) is 0 Å². The van der Waals surface area contributed by atoms with Gasteiger partial charge in [-0.15, -0.1) is 5.10 Å². The van der Waals surface area contributed by atoms with Gasteiger partial charge in [0.25, 0.3) is 0 Å². The van der Waals surface area contributed by atoms with Gasteiger partial charge in [-0.05, 0) is 35.4 Å². The molecule has 114 valence electrons. The van der Waals surface area contributed by atoms with Gasteiger partial charge >= 0.3 is 0 Å². The molecule has 1 heterocycles. The molecule has 3 rings (SSSR count). The number of aldehydes is 1.